The van der Waals surface area contributed by atoms with Crippen molar-refractivity contribution < 1.29 is 14.3 Å². The first-order valence-electron chi connectivity index (χ1n) is 7.63. The quantitative estimate of drug-likeness (QED) is 0.926. The summed E-state index contributed by atoms with van der Waals surface area (Å²) >= 11 is 0. The number of hydrogen-bond acceptors (Lipinski definition) is 4. The Labute approximate surface area is 125 Å². The Morgan fingerprint density at radius 1 is 1.33 bits per heavy atom. The van der Waals surface area contributed by atoms with Crippen LogP contribution in [0.15, 0.2) is 18.2 Å². The van der Waals surface area contributed by atoms with Crippen molar-refractivity contribution in [2.45, 2.75) is 19.8 Å². The van der Waals surface area contributed by atoms with Crippen LogP contribution in [-0.4, -0.2) is 43.7 Å². The molecule has 1 atom stereocenters. The third-order valence-electron chi connectivity index (χ3n) is 4.00. The number of piperidine rings is 1. The van der Waals surface area contributed by atoms with Gasteiger partial charge in [0.2, 0.25) is 5.91 Å². The molecule has 5 nitrogen and oxygen atoms in total. The Morgan fingerprint density at radius 3 is 2.95 bits per heavy atom. The van der Waals surface area contributed by atoms with Crippen LogP contribution in [0.25, 0.3) is 0 Å². The highest BCUT2D eigenvalue weighted by Crippen LogP contribution is 2.32. The van der Waals surface area contributed by atoms with Crippen molar-refractivity contribution in [1.29, 1.82) is 0 Å². The minimum absolute atomic E-state index is 0.163. The molecule has 0 bridgehead atoms. The van der Waals surface area contributed by atoms with E-state index in [1.165, 1.54) is 6.42 Å². The van der Waals surface area contributed by atoms with Crippen LogP contribution in [0.3, 0.4) is 0 Å². The number of nitrogens with zero attached hydrogens (tertiary/aromatic N) is 1. The number of nitrogens with one attached hydrogen (secondary N) is 1. The lowest BCUT2D eigenvalue weighted by Gasteiger charge is -2.31. The molecule has 1 saturated heterocycles. The van der Waals surface area contributed by atoms with E-state index in [-0.39, 0.29) is 5.91 Å². The molecule has 5 heteroatoms. The van der Waals surface area contributed by atoms with Crippen LogP contribution in [0.5, 0.6) is 11.5 Å². The molecule has 0 radical (unpaired) electrons. The zero-order chi connectivity index (χ0) is 14.7. The second kappa shape index (κ2) is 6.24. The second-order valence-electron chi connectivity index (χ2n) is 5.80. The fraction of sp³-hybridized carbons (Fsp3) is 0.562. The molecular formula is C16H22N2O3. The number of ether oxygens (including phenoxy) is 2. The summed E-state index contributed by atoms with van der Waals surface area (Å²) in [6.07, 6.45) is 2.33. The van der Waals surface area contributed by atoms with Gasteiger partial charge in [0, 0.05) is 24.8 Å². The molecule has 0 saturated carbocycles. The normalized spacial score (nSPS) is 21.0. The molecule has 3 rings (SSSR count). The molecule has 0 unspecified atom stereocenters. The van der Waals surface area contributed by atoms with Crippen LogP contribution in [0.2, 0.25) is 0 Å². The molecule has 0 aromatic heterocycles. The van der Waals surface area contributed by atoms with Crippen molar-refractivity contribution in [3.8, 4) is 11.5 Å². The summed E-state index contributed by atoms with van der Waals surface area (Å²) in [5.74, 6) is 2.28. The van der Waals surface area contributed by atoms with Crippen LogP contribution in [0.4, 0.5) is 5.69 Å². The van der Waals surface area contributed by atoms with Gasteiger partial charge in [0.1, 0.15) is 13.2 Å². The van der Waals surface area contributed by atoms with Gasteiger partial charge in [0.05, 0.1) is 6.54 Å². The third kappa shape index (κ3) is 3.40. The summed E-state index contributed by atoms with van der Waals surface area (Å²) in [5.41, 5.74) is 0.887. The minimum Gasteiger partial charge on any atom is -0.486 e. The maximum atomic E-state index is 12.2. The molecule has 1 aromatic carbocycles. The van der Waals surface area contributed by atoms with Crippen molar-refractivity contribution in [2.75, 3.05) is 38.2 Å². The van der Waals surface area contributed by atoms with Gasteiger partial charge in [-0.1, -0.05) is 6.92 Å². The van der Waals surface area contributed by atoms with Gasteiger partial charge in [-0.15, -0.1) is 0 Å². The monoisotopic (exact) mass is 290 g/mol. The van der Waals surface area contributed by atoms with Gasteiger partial charge < -0.3 is 19.7 Å². The molecule has 1 N–H and O–H groups in total. The summed E-state index contributed by atoms with van der Waals surface area (Å²) < 4.78 is 11.0. The molecule has 2 aliphatic rings. The van der Waals surface area contributed by atoms with E-state index in [4.69, 9.17) is 9.47 Å². The fourth-order valence-corrected chi connectivity index (χ4v) is 2.86. The number of amides is 1. The van der Waals surface area contributed by atoms with E-state index in [1.54, 1.807) is 0 Å². The van der Waals surface area contributed by atoms with Crippen LogP contribution >= 0.6 is 0 Å². The van der Waals surface area contributed by atoms with E-state index in [0.717, 1.165) is 36.7 Å². The number of hydrogen-bond donors (Lipinski definition) is 1. The smallest absolute Gasteiger partial charge is 0.241 e. The molecule has 21 heavy (non-hydrogen) atoms. The molecule has 0 spiro atoms. The van der Waals surface area contributed by atoms with Crippen LogP contribution < -0.4 is 14.8 Å². The average Bonchev–Trinajstić information content (AvgIpc) is 2.52. The molecule has 114 valence electrons. The molecule has 2 aliphatic heterocycles. The minimum atomic E-state index is 0.163. The summed E-state index contributed by atoms with van der Waals surface area (Å²) in [5, 5.41) is 3.18. The van der Waals surface area contributed by atoms with E-state index in [2.05, 4.69) is 12.2 Å². The largest absolute Gasteiger partial charge is 0.486 e. The number of fused-ring (bicyclic) bond motifs is 1. The fourth-order valence-electron chi connectivity index (χ4n) is 2.86. The van der Waals surface area contributed by atoms with Gasteiger partial charge in [-0.25, -0.2) is 0 Å². The SMILES string of the molecule is C[C@H]1CCCN(C(=O)CNc2ccc3c(c2)OCCO3)C1. The Morgan fingerprint density at radius 2 is 2.14 bits per heavy atom. The van der Waals surface area contributed by atoms with Gasteiger partial charge >= 0.3 is 0 Å². The Bertz CT molecular complexity index is 518. The summed E-state index contributed by atoms with van der Waals surface area (Å²) in [7, 11) is 0. The van der Waals surface area contributed by atoms with Crippen molar-refractivity contribution in [1.82, 2.24) is 4.90 Å². The van der Waals surface area contributed by atoms with Gasteiger partial charge in [0.25, 0.3) is 0 Å². The summed E-state index contributed by atoms with van der Waals surface area (Å²) in [6, 6.07) is 5.69. The number of benzene rings is 1. The molecule has 1 fully saturated rings. The van der Waals surface area contributed by atoms with E-state index in [9.17, 15) is 4.79 Å². The van der Waals surface area contributed by atoms with E-state index in [1.807, 2.05) is 23.1 Å². The lowest BCUT2D eigenvalue weighted by Crippen LogP contribution is -2.41. The van der Waals surface area contributed by atoms with Crippen molar-refractivity contribution in [3.63, 3.8) is 0 Å². The number of rotatable bonds is 3. The summed E-state index contributed by atoms with van der Waals surface area (Å²) in [6.45, 7) is 5.44. The highest BCUT2D eigenvalue weighted by atomic mass is 16.6. The maximum absolute atomic E-state index is 12.2. The van der Waals surface area contributed by atoms with E-state index >= 15 is 0 Å². The number of anilines is 1. The van der Waals surface area contributed by atoms with Crippen molar-refractivity contribution in [2.24, 2.45) is 5.92 Å². The Kier molecular flexibility index (Phi) is 4.18. The molecule has 0 aliphatic carbocycles. The predicted molar refractivity (Wildman–Crippen MR) is 80.9 cm³/mol. The van der Waals surface area contributed by atoms with Gasteiger partial charge in [0.15, 0.2) is 11.5 Å². The first-order valence-corrected chi connectivity index (χ1v) is 7.63. The first-order chi connectivity index (χ1) is 10.2. The van der Waals surface area contributed by atoms with Crippen LogP contribution in [0, 0.1) is 5.92 Å². The number of carbonyl (C=O) groups is 1. The van der Waals surface area contributed by atoms with Crippen molar-refractivity contribution >= 4 is 11.6 Å². The maximum Gasteiger partial charge on any atom is 0.241 e. The second-order valence-corrected chi connectivity index (χ2v) is 5.80. The molecule has 1 aromatic rings. The number of likely N-dealkylation sites (tertiary alicyclic amines) is 1. The highest BCUT2D eigenvalue weighted by Gasteiger charge is 2.20. The molecule has 2 heterocycles. The predicted octanol–water partition coefficient (Wildman–Crippen LogP) is 2.13. The highest BCUT2D eigenvalue weighted by molar-refractivity contribution is 5.81. The number of carbonyl (C=O) groups excluding carboxylic acids is 1. The Hall–Kier alpha value is -1.91. The van der Waals surface area contributed by atoms with Crippen molar-refractivity contribution in [3.05, 3.63) is 18.2 Å². The van der Waals surface area contributed by atoms with Crippen LogP contribution in [-0.2, 0) is 4.79 Å². The van der Waals surface area contributed by atoms with Gasteiger partial charge in [-0.3, -0.25) is 4.79 Å². The van der Waals surface area contributed by atoms with E-state index in [0.29, 0.717) is 25.7 Å². The first kappa shape index (κ1) is 14.0. The zero-order valence-electron chi connectivity index (χ0n) is 12.4. The third-order valence-corrected chi connectivity index (χ3v) is 4.00. The van der Waals surface area contributed by atoms with Crippen LogP contribution in [0.1, 0.15) is 19.8 Å². The topological polar surface area (TPSA) is 50.8 Å². The molecular weight excluding hydrogens is 268 g/mol. The zero-order valence-corrected chi connectivity index (χ0v) is 12.4. The average molecular weight is 290 g/mol. The van der Waals surface area contributed by atoms with Gasteiger partial charge in [-0.2, -0.15) is 0 Å². The lowest BCUT2D eigenvalue weighted by atomic mass is 10.0. The molecule has 1 amide bonds. The van der Waals surface area contributed by atoms with E-state index < -0.39 is 0 Å². The standard InChI is InChI=1S/C16H22N2O3/c1-12-3-2-6-18(11-12)16(19)10-17-13-4-5-14-15(9-13)21-8-7-20-14/h4-5,9,12,17H,2-3,6-8,10-11H2,1H3/t12-/m0/s1. The lowest BCUT2D eigenvalue weighted by molar-refractivity contribution is -0.130. The summed E-state index contributed by atoms with van der Waals surface area (Å²) in [4.78, 5) is 14.2. The van der Waals surface area contributed by atoms with Gasteiger partial charge in [-0.05, 0) is 30.9 Å². The Balaban J connectivity index is 1.56.